The predicted octanol–water partition coefficient (Wildman–Crippen LogP) is 4.00. The molecule has 6 nitrogen and oxygen atoms in total. The lowest BCUT2D eigenvalue weighted by molar-refractivity contribution is 0.0788. The maximum atomic E-state index is 12.1. The number of anilines is 1. The molecule has 2 heterocycles. The maximum absolute atomic E-state index is 12.1. The van der Waals surface area contributed by atoms with Crippen molar-refractivity contribution in [3.05, 3.63) is 40.8 Å². The number of benzene rings is 1. The minimum atomic E-state index is -0.851. The van der Waals surface area contributed by atoms with E-state index in [4.69, 9.17) is 9.47 Å². The molecule has 2 aromatic rings. The quantitative estimate of drug-likeness (QED) is 0.675. The molecule has 1 aromatic heterocycles. The molecule has 1 aromatic carbocycles. The van der Waals surface area contributed by atoms with Crippen LogP contribution in [0.4, 0.5) is 5.00 Å². The van der Waals surface area contributed by atoms with Crippen LogP contribution in [0.3, 0.4) is 0 Å². The fraction of sp³-hybridized carbons (Fsp3) is 0.476. The first-order valence-electron chi connectivity index (χ1n) is 9.59. The van der Waals surface area contributed by atoms with E-state index in [1.807, 2.05) is 36.6 Å². The van der Waals surface area contributed by atoms with Gasteiger partial charge >= 0.3 is 0 Å². The van der Waals surface area contributed by atoms with Crippen LogP contribution in [-0.4, -0.2) is 53.3 Å². The highest BCUT2D eigenvalue weighted by molar-refractivity contribution is 7.84. The number of hydrogen-bond acceptors (Lipinski definition) is 6. The van der Waals surface area contributed by atoms with E-state index >= 15 is 0 Å². The van der Waals surface area contributed by atoms with Crippen LogP contribution in [0.2, 0.25) is 0 Å². The molecule has 8 heteroatoms. The van der Waals surface area contributed by atoms with Crippen LogP contribution in [0.25, 0.3) is 0 Å². The minimum Gasteiger partial charge on any atom is -0.493 e. The van der Waals surface area contributed by atoms with Gasteiger partial charge in [-0.2, -0.15) is 0 Å². The van der Waals surface area contributed by atoms with Crippen molar-refractivity contribution in [2.75, 3.05) is 37.6 Å². The van der Waals surface area contributed by atoms with Crippen molar-refractivity contribution < 1.29 is 18.5 Å². The summed E-state index contributed by atoms with van der Waals surface area (Å²) in [5.41, 5.74) is 1.91. The van der Waals surface area contributed by atoms with E-state index < -0.39 is 10.8 Å². The number of fused-ring (bicyclic) bond motifs is 1. The SMILES string of the molecule is CC(C)Nc1scc2c1CN(CCS(C)=O)C2=O.CCOc1ccccc1OC. The standard InChI is InChI=1S/C12H18N2O2S2.C9H12O2/c1-8(2)13-11-9-6-14(4-5-18(3)16)12(15)10(9)7-17-11;1-3-11-9-7-5-4-6-8(9)10-2/h7-8,13H,4-6H2,1-3H3;4-7H,3H2,1-2H3. The zero-order valence-electron chi connectivity index (χ0n) is 17.7. The summed E-state index contributed by atoms with van der Waals surface area (Å²) in [4.78, 5) is 13.9. The van der Waals surface area contributed by atoms with Gasteiger partial charge in [0.25, 0.3) is 5.91 Å². The molecule has 1 amide bonds. The smallest absolute Gasteiger partial charge is 0.255 e. The van der Waals surface area contributed by atoms with E-state index in [-0.39, 0.29) is 5.91 Å². The van der Waals surface area contributed by atoms with Crippen LogP contribution in [0, 0.1) is 0 Å². The average molecular weight is 439 g/mol. The van der Waals surface area contributed by atoms with Crippen molar-refractivity contribution in [1.29, 1.82) is 0 Å². The van der Waals surface area contributed by atoms with Gasteiger partial charge in [0.05, 0.1) is 24.3 Å². The molecule has 0 saturated heterocycles. The second-order valence-electron chi connectivity index (χ2n) is 6.84. The number of ether oxygens (including phenoxy) is 2. The van der Waals surface area contributed by atoms with E-state index in [1.165, 1.54) is 0 Å². The third-order valence-corrected chi connectivity index (χ3v) is 5.91. The number of rotatable bonds is 8. The summed E-state index contributed by atoms with van der Waals surface area (Å²) in [7, 11) is 0.786. The highest BCUT2D eigenvalue weighted by atomic mass is 32.2. The van der Waals surface area contributed by atoms with Crippen LogP contribution < -0.4 is 14.8 Å². The summed E-state index contributed by atoms with van der Waals surface area (Å²) >= 11 is 1.59. The Morgan fingerprint density at radius 2 is 1.97 bits per heavy atom. The summed E-state index contributed by atoms with van der Waals surface area (Å²) in [6.45, 7) is 8.00. The Balaban J connectivity index is 0.000000234. The lowest BCUT2D eigenvalue weighted by Gasteiger charge is -2.15. The first-order chi connectivity index (χ1) is 13.9. The third kappa shape index (κ3) is 6.47. The van der Waals surface area contributed by atoms with Crippen molar-refractivity contribution in [3.8, 4) is 11.5 Å². The molecule has 1 N–H and O–H groups in total. The molecule has 0 saturated carbocycles. The summed E-state index contributed by atoms with van der Waals surface area (Å²) in [6.07, 6.45) is 1.67. The van der Waals surface area contributed by atoms with Gasteiger partial charge in [-0.3, -0.25) is 9.00 Å². The molecule has 0 spiro atoms. The van der Waals surface area contributed by atoms with Crippen molar-refractivity contribution in [2.45, 2.75) is 33.4 Å². The van der Waals surface area contributed by atoms with Crippen molar-refractivity contribution in [3.63, 3.8) is 0 Å². The molecule has 3 rings (SSSR count). The molecule has 1 aliphatic rings. The molecule has 0 fully saturated rings. The van der Waals surface area contributed by atoms with E-state index in [2.05, 4.69) is 19.2 Å². The van der Waals surface area contributed by atoms with Gasteiger partial charge in [0, 0.05) is 52.9 Å². The molecule has 0 bridgehead atoms. The van der Waals surface area contributed by atoms with Gasteiger partial charge in [-0.25, -0.2) is 0 Å². The van der Waals surface area contributed by atoms with Gasteiger partial charge in [0.15, 0.2) is 11.5 Å². The largest absolute Gasteiger partial charge is 0.493 e. The average Bonchev–Trinajstić information content (AvgIpc) is 3.21. The highest BCUT2D eigenvalue weighted by Crippen LogP contribution is 2.35. The molecule has 0 radical (unpaired) electrons. The van der Waals surface area contributed by atoms with Crippen molar-refractivity contribution in [1.82, 2.24) is 4.90 Å². The summed E-state index contributed by atoms with van der Waals surface area (Å²) in [5, 5.41) is 6.38. The number of methoxy groups -OCH3 is 1. The zero-order valence-corrected chi connectivity index (χ0v) is 19.3. The second-order valence-corrected chi connectivity index (χ2v) is 9.28. The van der Waals surface area contributed by atoms with Gasteiger partial charge in [-0.1, -0.05) is 12.1 Å². The number of nitrogens with zero attached hydrogens (tertiary/aromatic N) is 1. The number of amides is 1. The Morgan fingerprint density at radius 3 is 2.55 bits per heavy atom. The molecular formula is C21H30N2O4S2. The van der Waals surface area contributed by atoms with Gasteiger partial charge in [-0.05, 0) is 32.9 Å². The summed E-state index contributed by atoms with van der Waals surface area (Å²) in [6, 6.07) is 7.97. The first kappa shape index (κ1) is 23.2. The molecule has 1 atom stereocenters. The number of carbonyl (C=O) groups excluding carboxylic acids is 1. The molecule has 1 aliphatic heterocycles. The molecular weight excluding hydrogens is 408 g/mol. The van der Waals surface area contributed by atoms with Gasteiger partial charge in [0.1, 0.15) is 0 Å². The van der Waals surface area contributed by atoms with Crippen LogP contribution in [0.5, 0.6) is 11.5 Å². The van der Waals surface area contributed by atoms with E-state index in [0.29, 0.717) is 31.5 Å². The van der Waals surface area contributed by atoms with Crippen LogP contribution in [0.15, 0.2) is 29.6 Å². The normalized spacial score (nSPS) is 13.6. The minimum absolute atomic E-state index is 0.0727. The summed E-state index contributed by atoms with van der Waals surface area (Å²) in [5.74, 6) is 2.21. The van der Waals surface area contributed by atoms with E-state index in [9.17, 15) is 9.00 Å². The Morgan fingerprint density at radius 1 is 1.28 bits per heavy atom. The first-order valence-corrected chi connectivity index (χ1v) is 12.2. The number of para-hydroxylation sites is 2. The van der Waals surface area contributed by atoms with E-state index in [0.717, 1.165) is 27.6 Å². The fourth-order valence-corrected chi connectivity index (χ4v) is 4.42. The fourth-order valence-electron chi connectivity index (χ4n) is 2.85. The second kappa shape index (κ2) is 11.2. The van der Waals surface area contributed by atoms with Gasteiger partial charge in [0.2, 0.25) is 0 Å². The molecule has 160 valence electrons. The Hall–Kier alpha value is -2.06. The lowest BCUT2D eigenvalue weighted by Crippen LogP contribution is -2.28. The maximum Gasteiger partial charge on any atom is 0.255 e. The zero-order chi connectivity index (χ0) is 21.4. The Kier molecular flexibility index (Phi) is 8.98. The number of carbonyl (C=O) groups is 1. The van der Waals surface area contributed by atoms with Crippen LogP contribution >= 0.6 is 11.3 Å². The number of thiophene rings is 1. The monoisotopic (exact) mass is 438 g/mol. The topological polar surface area (TPSA) is 67.9 Å². The van der Waals surface area contributed by atoms with Crippen molar-refractivity contribution >= 4 is 33.0 Å². The van der Waals surface area contributed by atoms with Gasteiger partial charge in [-0.15, -0.1) is 11.3 Å². The van der Waals surface area contributed by atoms with Gasteiger partial charge < -0.3 is 19.7 Å². The van der Waals surface area contributed by atoms with E-state index in [1.54, 1.807) is 29.6 Å². The summed E-state index contributed by atoms with van der Waals surface area (Å²) < 4.78 is 21.5. The molecule has 1 unspecified atom stereocenters. The van der Waals surface area contributed by atoms with Crippen LogP contribution in [0.1, 0.15) is 36.7 Å². The lowest BCUT2D eigenvalue weighted by atomic mass is 10.2. The number of nitrogens with one attached hydrogen (secondary N) is 1. The Bertz CT molecular complexity index is 836. The molecule has 0 aliphatic carbocycles. The Labute approximate surface area is 179 Å². The third-order valence-electron chi connectivity index (χ3n) is 4.20. The number of hydrogen-bond donors (Lipinski definition) is 1. The predicted molar refractivity (Wildman–Crippen MR) is 121 cm³/mol. The van der Waals surface area contributed by atoms with Crippen LogP contribution in [-0.2, 0) is 17.3 Å². The van der Waals surface area contributed by atoms with Crippen molar-refractivity contribution in [2.24, 2.45) is 0 Å². The molecule has 29 heavy (non-hydrogen) atoms. The highest BCUT2D eigenvalue weighted by Gasteiger charge is 2.30.